The summed E-state index contributed by atoms with van der Waals surface area (Å²) in [7, 11) is -3.72. The average Bonchev–Trinajstić information content (AvgIpc) is 3.23. The Balaban J connectivity index is 1.64. The number of hydrogen-bond donors (Lipinski definition) is 1. The van der Waals surface area contributed by atoms with Gasteiger partial charge in [0, 0.05) is 45.3 Å². The van der Waals surface area contributed by atoms with E-state index in [1.54, 1.807) is 14.1 Å². The van der Waals surface area contributed by atoms with E-state index in [1.807, 2.05) is 0 Å². The van der Waals surface area contributed by atoms with E-state index < -0.39 is 25.8 Å². The van der Waals surface area contributed by atoms with Crippen LogP contribution in [-0.4, -0.2) is 80.1 Å². The minimum atomic E-state index is -3.80. The van der Waals surface area contributed by atoms with Gasteiger partial charge in [0.15, 0.2) is 9.84 Å². The Kier molecular flexibility index (Phi) is 5.80. The van der Waals surface area contributed by atoms with Crippen LogP contribution in [0.3, 0.4) is 0 Å². The first kappa shape index (κ1) is 21.8. The fourth-order valence-electron chi connectivity index (χ4n) is 3.96. The van der Waals surface area contributed by atoms with Gasteiger partial charge >= 0.3 is 0 Å². The van der Waals surface area contributed by atoms with Crippen molar-refractivity contribution in [3.63, 3.8) is 0 Å². The molecule has 1 aromatic rings. The molecule has 3 heterocycles. The predicted molar refractivity (Wildman–Crippen MR) is 105 cm³/mol. The van der Waals surface area contributed by atoms with E-state index in [-0.39, 0.29) is 53.1 Å². The number of piperidine rings is 1. The number of carbonyl (C=O) groups excluding carboxylic acids is 2. The van der Waals surface area contributed by atoms with E-state index in [2.05, 4.69) is 0 Å². The van der Waals surface area contributed by atoms with Crippen molar-refractivity contribution in [3.8, 4) is 0 Å². The van der Waals surface area contributed by atoms with Gasteiger partial charge in [0.2, 0.25) is 15.9 Å². The third-order valence-electron chi connectivity index (χ3n) is 5.78. The zero-order chi connectivity index (χ0) is 21.6. The summed E-state index contributed by atoms with van der Waals surface area (Å²) in [4.78, 5) is 25.6. The van der Waals surface area contributed by atoms with Crippen molar-refractivity contribution in [1.82, 2.24) is 13.8 Å². The molecule has 2 aliphatic heterocycles. The van der Waals surface area contributed by atoms with Crippen molar-refractivity contribution in [2.75, 3.05) is 31.6 Å². The van der Waals surface area contributed by atoms with Gasteiger partial charge < -0.3 is 15.2 Å². The third-order valence-corrected chi connectivity index (χ3v) is 9.39. The lowest BCUT2D eigenvalue weighted by Crippen LogP contribution is -2.46. The van der Waals surface area contributed by atoms with Gasteiger partial charge in [-0.25, -0.2) is 16.8 Å². The molecular formula is C17H26N4O6S2. The van der Waals surface area contributed by atoms with Crippen molar-refractivity contribution >= 4 is 31.7 Å². The maximum atomic E-state index is 12.9. The highest BCUT2D eigenvalue weighted by Gasteiger charge is 2.38. The van der Waals surface area contributed by atoms with Crippen LogP contribution >= 0.6 is 0 Å². The SMILES string of the molecule is CN(C(=O)C1CCN(S(=O)(=O)c2cc(C(N)=O)n(C)c2)CC1)C1CCS(=O)(=O)C1. The molecule has 2 fully saturated rings. The molecular weight excluding hydrogens is 420 g/mol. The van der Waals surface area contributed by atoms with E-state index in [9.17, 15) is 26.4 Å². The fraction of sp³-hybridized carbons (Fsp3) is 0.647. The first-order chi connectivity index (χ1) is 13.4. The molecule has 0 aromatic carbocycles. The maximum Gasteiger partial charge on any atom is 0.265 e. The Labute approximate surface area is 170 Å². The largest absolute Gasteiger partial charge is 0.364 e. The minimum Gasteiger partial charge on any atom is -0.364 e. The molecule has 29 heavy (non-hydrogen) atoms. The van der Waals surface area contributed by atoms with Crippen LogP contribution in [0, 0.1) is 5.92 Å². The van der Waals surface area contributed by atoms with E-state index in [0.29, 0.717) is 19.3 Å². The molecule has 0 radical (unpaired) electrons. The highest BCUT2D eigenvalue weighted by Crippen LogP contribution is 2.27. The van der Waals surface area contributed by atoms with Gasteiger partial charge in [-0.1, -0.05) is 0 Å². The van der Waals surface area contributed by atoms with E-state index in [4.69, 9.17) is 5.73 Å². The molecule has 2 saturated heterocycles. The van der Waals surface area contributed by atoms with Gasteiger partial charge in [0.1, 0.15) is 10.6 Å². The lowest BCUT2D eigenvalue weighted by Gasteiger charge is -2.34. The lowest BCUT2D eigenvalue weighted by atomic mass is 9.96. The Hall–Kier alpha value is -1.92. The molecule has 10 nitrogen and oxygen atoms in total. The topological polar surface area (TPSA) is 140 Å². The maximum absolute atomic E-state index is 12.9. The Morgan fingerprint density at radius 1 is 1.21 bits per heavy atom. The van der Waals surface area contributed by atoms with Crippen molar-refractivity contribution in [2.45, 2.75) is 30.2 Å². The average molecular weight is 447 g/mol. The molecule has 1 unspecified atom stereocenters. The predicted octanol–water partition coefficient (Wildman–Crippen LogP) is -0.830. The van der Waals surface area contributed by atoms with Gasteiger partial charge in [-0.05, 0) is 25.3 Å². The number of aromatic nitrogens is 1. The molecule has 3 rings (SSSR count). The summed E-state index contributed by atoms with van der Waals surface area (Å²) < 4.78 is 51.7. The summed E-state index contributed by atoms with van der Waals surface area (Å²) in [5, 5.41) is 0. The first-order valence-electron chi connectivity index (χ1n) is 9.36. The van der Waals surface area contributed by atoms with Crippen molar-refractivity contribution in [1.29, 1.82) is 0 Å². The van der Waals surface area contributed by atoms with Crippen LogP contribution in [0.1, 0.15) is 29.8 Å². The Morgan fingerprint density at radius 2 is 1.83 bits per heavy atom. The highest BCUT2D eigenvalue weighted by molar-refractivity contribution is 7.91. The number of aryl methyl sites for hydroxylation is 1. The molecule has 2 amide bonds. The molecule has 0 bridgehead atoms. The highest BCUT2D eigenvalue weighted by atomic mass is 32.2. The lowest BCUT2D eigenvalue weighted by molar-refractivity contribution is -0.137. The van der Waals surface area contributed by atoms with E-state index in [1.165, 1.54) is 26.0 Å². The molecule has 1 atom stereocenters. The number of primary amides is 1. The summed E-state index contributed by atoms with van der Waals surface area (Å²) in [5.41, 5.74) is 5.35. The van der Waals surface area contributed by atoms with Crippen molar-refractivity contribution < 1.29 is 26.4 Å². The number of nitrogens with two attached hydrogens (primary N) is 1. The first-order valence-corrected chi connectivity index (χ1v) is 12.6. The standard InChI is InChI=1S/C17H26N4O6S2/c1-19-10-14(9-15(19)16(18)22)29(26,27)21-6-3-12(4-7-21)17(23)20(2)13-5-8-28(24,25)11-13/h9-10,12-13H,3-8,11H2,1-2H3,(H2,18,22). The van der Waals surface area contributed by atoms with Gasteiger partial charge in [-0.3, -0.25) is 9.59 Å². The quantitative estimate of drug-likeness (QED) is 0.626. The van der Waals surface area contributed by atoms with Crippen LogP contribution in [0.5, 0.6) is 0 Å². The molecule has 0 spiro atoms. The fourth-order valence-corrected chi connectivity index (χ4v) is 7.28. The molecule has 0 aliphatic carbocycles. The van der Waals surface area contributed by atoms with Gasteiger partial charge in [0.25, 0.3) is 5.91 Å². The summed E-state index contributed by atoms with van der Waals surface area (Å²) >= 11 is 0. The van der Waals surface area contributed by atoms with Crippen LogP contribution in [0.15, 0.2) is 17.2 Å². The molecule has 1 aromatic heterocycles. The van der Waals surface area contributed by atoms with E-state index >= 15 is 0 Å². The number of rotatable bonds is 5. The second kappa shape index (κ2) is 7.73. The molecule has 0 saturated carbocycles. The van der Waals surface area contributed by atoms with Gasteiger partial charge in [0.05, 0.1) is 11.5 Å². The minimum absolute atomic E-state index is 0.00754. The second-order valence-corrected chi connectivity index (χ2v) is 11.9. The number of sulfone groups is 1. The molecule has 12 heteroatoms. The van der Waals surface area contributed by atoms with Crippen LogP contribution in [0.25, 0.3) is 0 Å². The number of amides is 2. The Morgan fingerprint density at radius 3 is 2.31 bits per heavy atom. The van der Waals surface area contributed by atoms with Gasteiger partial charge in [-0.2, -0.15) is 4.31 Å². The summed E-state index contributed by atoms with van der Waals surface area (Å²) in [6, 6.07) is 0.939. The van der Waals surface area contributed by atoms with Crippen molar-refractivity contribution in [2.24, 2.45) is 18.7 Å². The smallest absolute Gasteiger partial charge is 0.265 e. The van der Waals surface area contributed by atoms with Crippen LogP contribution < -0.4 is 5.73 Å². The Bertz CT molecular complexity index is 1020. The van der Waals surface area contributed by atoms with Crippen LogP contribution in [-0.2, 0) is 31.7 Å². The van der Waals surface area contributed by atoms with Crippen LogP contribution in [0.2, 0.25) is 0 Å². The molecule has 2 N–H and O–H groups in total. The number of carbonyl (C=O) groups is 2. The molecule has 2 aliphatic rings. The third kappa shape index (κ3) is 4.33. The van der Waals surface area contributed by atoms with E-state index in [0.717, 1.165) is 0 Å². The van der Waals surface area contributed by atoms with Crippen LogP contribution in [0.4, 0.5) is 0 Å². The zero-order valence-corrected chi connectivity index (χ0v) is 18.1. The normalized spacial score (nSPS) is 23.2. The summed E-state index contributed by atoms with van der Waals surface area (Å²) in [6.45, 7) is 0.354. The van der Waals surface area contributed by atoms with Gasteiger partial charge in [-0.15, -0.1) is 0 Å². The molecule has 162 valence electrons. The summed E-state index contributed by atoms with van der Waals surface area (Å²) in [6.07, 6.45) is 2.50. The number of hydrogen-bond acceptors (Lipinski definition) is 6. The van der Waals surface area contributed by atoms with Crippen molar-refractivity contribution in [3.05, 3.63) is 18.0 Å². The zero-order valence-electron chi connectivity index (χ0n) is 16.4. The number of sulfonamides is 1. The summed E-state index contributed by atoms with van der Waals surface area (Å²) in [5.74, 6) is -1.11. The second-order valence-electron chi connectivity index (χ2n) is 7.72. The monoisotopic (exact) mass is 446 g/mol. The number of nitrogens with zero attached hydrogens (tertiary/aromatic N) is 3.